The van der Waals surface area contributed by atoms with Crippen LogP contribution in [0.2, 0.25) is 0 Å². The second-order valence-corrected chi connectivity index (χ2v) is 12.7. The number of piperidine rings is 1. The van der Waals surface area contributed by atoms with Crippen molar-refractivity contribution in [3.63, 3.8) is 0 Å². The zero-order valence-corrected chi connectivity index (χ0v) is 22.4. The summed E-state index contributed by atoms with van der Waals surface area (Å²) in [5.74, 6) is -2.00. The number of hydrogen-bond acceptors (Lipinski definition) is 4. The molecule has 1 fully saturated rings. The van der Waals surface area contributed by atoms with Crippen molar-refractivity contribution in [3.8, 4) is 0 Å². The molecular weight excluding hydrogens is 497 g/mol. The number of rotatable bonds is 7. The minimum Gasteiger partial charge on any atom is -0.299 e. The first-order valence-electron chi connectivity index (χ1n) is 12.4. The van der Waals surface area contributed by atoms with Crippen molar-refractivity contribution in [3.05, 3.63) is 94.8 Å². The minimum absolute atomic E-state index is 0.372. The summed E-state index contributed by atoms with van der Waals surface area (Å²) in [5.41, 5.74) is 1.98. The van der Waals surface area contributed by atoms with E-state index in [1.165, 1.54) is 12.1 Å². The number of nitrogens with one attached hydrogen (secondary N) is 1. The van der Waals surface area contributed by atoms with Gasteiger partial charge in [0.2, 0.25) is 5.95 Å². The fourth-order valence-corrected chi connectivity index (χ4v) is 5.43. The number of hydrogen-bond donors (Lipinski definition) is 1. The molecule has 4 rings (SSSR count). The molecule has 3 aromatic rings. The first-order chi connectivity index (χ1) is 17.5. The Morgan fingerprint density at radius 3 is 2.24 bits per heavy atom. The van der Waals surface area contributed by atoms with Gasteiger partial charge in [0.1, 0.15) is 0 Å². The molecule has 2 unspecified atom stereocenters. The summed E-state index contributed by atoms with van der Waals surface area (Å²) < 4.78 is 56.5. The maximum absolute atomic E-state index is 14.2. The molecule has 0 saturated carbocycles. The van der Waals surface area contributed by atoms with Gasteiger partial charge >= 0.3 is 0 Å². The van der Waals surface area contributed by atoms with E-state index in [0.717, 1.165) is 55.7 Å². The third kappa shape index (κ3) is 6.45. The molecule has 0 spiro atoms. The molecule has 37 heavy (non-hydrogen) atoms. The highest BCUT2D eigenvalue weighted by atomic mass is 32.2. The van der Waals surface area contributed by atoms with Gasteiger partial charge in [-0.15, -0.1) is 0 Å². The van der Waals surface area contributed by atoms with Crippen molar-refractivity contribution in [1.29, 1.82) is 0 Å². The van der Waals surface area contributed by atoms with Crippen molar-refractivity contribution in [2.75, 3.05) is 13.1 Å². The molecule has 5 nitrogen and oxygen atoms in total. The fourth-order valence-electron chi connectivity index (χ4n) is 4.53. The maximum atomic E-state index is 14.2. The van der Waals surface area contributed by atoms with Gasteiger partial charge in [-0.05, 0) is 100 Å². The average molecular weight is 531 g/mol. The first-order valence-corrected chi connectivity index (χ1v) is 13.5. The summed E-state index contributed by atoms with van der Waals surface area (Å²) >= 11 is 0. The second kappa shape index (κ2) is 11.0. The highest BCUT2D eigenvalue weighted by Crippen LogP contribution is 2.32. The Balaban J connectivity index is 1.49. The van der Waals surface area contributed by atoms with Crippen LogP contribution in [0.4, 0.5) is 13.2 Å². The molecule has 198 valence electrons. The molecule has 2 atom stereocenters. The van der Waals surface area contributed by atoms with E-state index in [1.54, 1.807) is 19.3 Å². The molecule has 0 bridgehead atoms. The van der Waals surface area contributed by atoms with Crippen molar-refractivity contribution >= 4 is 11.0 Å². The van der Waals surface area contributed by atoms with Gasteiger partial charge in [-0.3, -0.25) is 9.88 Å². The second-order valence-electron chi connectivity index (χ2n) is 10.8. The quantitative estimate of drug-likeness (QED) is 0.405. The standard InChI is InChI=1S/C28H33F3N4OS/c1-27(2,3)37(36)34-28(4,22-7-8-23(29)24(30)15-22)25-9-5-19(16-32-25)18-35-13-11-20(12-14-35)21-6-10-26(31)33-17-21/h5-10,15-17,20,34H,11-14,18H2,1-4H3. The molecule has 3 heterocycles. The van der Waals surface area contributed by atoms with Crippen LogP contribution in [0, 0.1) is 17.6 Å². The highest BCUT2D eigenvalue weighted by molar-refractivity contribution is 7.84. The van der Waals surface area contributed by atoms with Crippen LogP contribution in [0.15, 0.2) is 54.9 Å². The van der Waals surface area contributed by atoms with Crippen molar-refractivity contribution < 1.29 is 17.4 Å². The van der Waals surface area contributed by atoms with Crippen LogP contribution in [0.5, 0.6) is 0 Å². The Bertz CT molecular complexity index is 1240. The molecule has 9 heteroatoms. The Morgan fingerprint density at radius 1 is 0.946 bits per heavy atom. The fraction of sp³-hybridized carbons (Fsp3) is 0.429. The van der Waals surface area contributed by atoms with E-state index in [4.69, 9.17) is 0 Å². The predicted octanol–water partition coefficient (Wildman–Crippen LogP) is 5.59. The number of likely N-dealkylation sites (tertiary alicyclic amines) is 1. The molecule has 0 radical (unpaired) electrons. The normalized spacial score (nSPS) is 17.9. The van der Waals surface area contributed by atoms with Gasteiger partial charge in [0.25, 0.3) is 0 Å². The molecule has 1 aromatic carbocycles. The summed E-state index contributed by atoms with van der Waals surface area (Å²) in [6, 6.07) is 10.7. The van der Waals surface area contributed by atoms with Crippen LogP contribution in [-0.4, -0.2) is 36.9 Å². The summed E-state index contributed by atoms with van der Waals surface area (Å²) in [7, 11) is -1.49. The van der Waals surface area contributed by atoms with Crippen LogP contribution in [0.25, 0.3) is 0 Å². The maximum Gasteiger partial charge on any atom is 0.212 e. The molecule has 1 aliphatic heterocycles. The third-order valence-electron chi connectivity index (χ3n) is 6.90. The Morgan fingerprint density at radius 2 is 1.68 bits per heavy atom. The minimum atomic E-state index is -1.49. The number of nitrogens with zero attached hydrogens (tertiary/aromatic N) is 3. The lowest BCUT2D eigenvalue weighted by atomic mass is 9.88. The Hall–Kier alpha value is -2.62. The Kier molecular flexibility index (Phi) is 8.16. The molecule has 0 amide bonds. The van der Waals surface area contributed by atoms with Crippen molar-refractivity contribution in [2.45, 2.75) is 63.3 Å². The van der Waals surface area contributed by atoms with Gasteiger partial charge in [-0.25, -0.2) is 22.7 Å². The SMILES string of the molecule is CC(NS(=O)C(C)(C)C)(c1ccc(F)c(F)c1)c1ccc(CN2CCC(c3ccc(F)nc3)CC2)cn1. The van der Waals surface area contributed by atoms with E-state index in [9.17, 15) is 17.4 Å². The topological polar surface area (TPSA) is 58.1 Å². The van der Waals surface area contributed by atoms with Gasteiger partial charge in [-0.2, -0.15) is 4.39 Å². The Labute approximate surface area is 219 Å². The molecular formula is C28H33F3N4OS. The van der Waals surface area contributed by atoms with E-state index >= 15 is 0 Å². The van der Waals surface area contributed by atoms with Gasteiger partial charge in [-0.1, -0.05) is 18.2 Å². The summed E-state index contributed by atoms with van der Waals surface area (Å²) in [6.45, 7) is 9.84. The van der Waals surface area contributed by atoms with E-state index in [-0.39, 0.29) is 0 Å². The largest absolute Gasteiger partial charge is 0.299 e. The third-order valence-corrected chi connectivity index (χ3v) is 8.61. The number of halogens is 3. The van der Waals surface area contributed by atoms with Crippen LogP contribution >= 0.6 is 0 Å². The summed E-state index contributed by atoms with van der Waals surface area (Å²) in [4.78, 5) is 10.8. The van der Waals surface area contributed by atoms with E-state index < -0.39 is 38.9 Å². The average Bonchev–Trinajstić information content (AvgIpc) is 2.86. The lowest BCUT2D eigenvalue weighted by Crippen LogP contribution is -2.47. The zero-order valence-electron chi connectivity index (χ0n) is 21.6. The molecule has 2 aromatic heterocycles. The van der Waals surface area contributed by atoms with E-state index in [2.05, 4.69) is 19.6 Å². The summed E-state index contributed by atoms with van der Waals surface area (Å²) in [6.07, 6.45) is 5.35. The summed E-state index contributed by atoms with van der Waals surface area (Å²) in [5, 5.41) is 0. The number of pyridine rings is 2. The monoisotopic (exact) mass is 530 g/mol. The molecule has 1 aliphatic rings. The smallest absolute Gasteiger partial charge is 0.212 e. The van der Waals surface area contributed by atoms with Gasteiger partial charge in [0.15, 0.2) is 11.6 Å². The van der Waals surface area contributed by atoms with Crippen molar-refractivity contribution in [2.24, 2.45) is 0 Å². The van der Waals surface area contributed by atoms with Gasteiger partial charge in [0.05, 0.1) is 27.0 Å². The van der Waals surface area contributed by atoms with Crippen LogP contribution < -0.4 is 4.72 Å². The molecule has 0 aliphatic carbocycles. The number of benzene rings is 1. The van der Waals surface area contributed by atoms with Crippen LogP contribution in [-0.2, 0) is 23.1 Å². The highest BCUT2D eigenvalue weighted by Gasteiger charge is 2.36. The first kappa shape index (κ1) is 27.4. The van der Waals surface area contributed by atoms with Crippen molar-refractivity contribution in [1.82, 2.24) is 19.6 Å². The van der Waals surface area contributed by atoms with Gasteiger partial charge in [0, 0.05) is 18.9 Å². The molecule has 1 saturated heterocycles. The predicted molar refractivity (Wildman–Crippen MR) is 140 cm³/mol. The van der Waals surface area contributed by atoms with E-state index in [1.807, 2.05) is 39.0 Å². The van der Waals surface area contributed by atoms with Crippen LogP contribution in [0.1, 0.15) is 68.8 Å². The van der Waals surface area contributed by atoms with E-state index in [0.29, 0.717) is 17.2 Å². The lowest BCUT2D eigenvalue weighted by Gasteiger charge is -2.34. The zero-order chi connectivity index (χ0) is 26.8. The van der Waals surface area contributed by atoms with Gasteiger partial charge < -0.3 is 0 Å². The number of aromatic nitrogens is 2. The lowest BCUT2D eigenvalue weighted by molar-refractivity contribution is 0.204. The molecule has 1 N–H and O–H groups in total. The van der Waals surface area contributed by atoms with Crippen LogP contribution in [0.3, 0.4) is 0 Å².